The van der Waals surface area contributed by atoms with E-state index in [1.807, 2.05) is 0 Å². The van der Waals surface area contributed by atoms with Crippen molar-refractivity contribution in [2.24, 2.45) is 5.92 Å². The Hall–Kier alpha value is -1.49. The summed E-state index contributed by atoms with van der Waals surface area (Å²) in [5.41, 5.74) is 1.38. The Morgan fingerprint density at radius 1 is 1.30 bits per heavy atom. The van der Waals surface area contributed by atoms with Crippen LogP contribution in [0.4, 0.5) is 0 Å². The van der Waals surface area contributed by atoms with Gasteiger partial charge in [-0.25, -0.2) is 14.8 Å². The summed E-state index contributed by atoms with van der Waals surface area (Å²) in [6.07, 6.45) is 5.05. The number of carboxylic acids is 1. The molecule has 2 aromatic heterocycles. The third kappa shape index (κ3) is 2.30. The Kier molecular flexibility index (Phi) is 3.46. The molecule has 4 nitrogen and oxygen atoms in total. The van der Waals surface area contributed by atoms with Crippen LogP contribution in [0.15, 0.2) is 0 Å². The minimum Gasteiger partial charge on any atom is -0.476 e. The molecule has 1 aliphatic carbocycles. The quantitative estimate of drug-likeness (QED) is 0.940. The lowest BCUT2D eigenvalue weighted by Crippen LogP contribution is -2.09. The van der Waals surface area contributed by atoms with E-state index in [2.05, 4.69) is 23.8 Å². The predicted molar refractivity (Wildman–Crippen MR) is 79.6 cm³/mol. The molecule has 2 aromatic rings. The standard InChI is InChI=1S/C15H18N2O2S/c1-8(2)7-11-16-13(15(18)19)12-9-5-3-4-6-10(9)20-14(12)17-11/h8H,3-7H2,1-2H3,(H,18,19). The molecule has 1 aliphatic rings. The van der Waals surface area contributed by atoms with Crippen molar-refractivity contribution >= 4 is 27.5 Å². The molecule has 5 heteroatoms. The maximum Gasteiger partial charge on any atom is 0.355 e. The Balaban J connectivity index is 2.22. The maximum atomic E-state index is 11.6. The molecule has 0 radical (unpaired) electrons. The summed E-state index contributed by atoms with van der Waals surface area (Å²) in [7, 11) is 0. The number of aryl methyl sites for hydroxylation is 2. The first kappa shape index (κ1) is 13.5. The molecule has 3 rings (SSSR count). The molecule has 0 saturated heterocycles. The summed E-state index contributed by atoms with van der Waals surface area (Å²) in [5.74, 6) is 0.140. The van der Waals surface area contributed by atoms with Gasteiger partial charge in [-0.05, 0) is 37.2 Å². The number of aromatic nitrogens is 2. The van der Waals surface area contributed by atoms with Crippen molar-refractivity contribution in [2.45, 2.75) is 46.0 Å². The molecule has 2 heterocycles. The molecule has 0 spiro atoms. The highest BCUT2D eigenvalue weighted by Crippen LogP contribution is 2.37. The fourth-order valence-corrected chi connectivity index (χ4v) is 4.09. The highest BCUT2D eigenvalue weighted by atomic mass is 32.1. The van der Waals surface area contributed by atoms with Gasteiger partial charge in [-0.2, -0.15) is 0 Å². The Bertz CT molecular complexity index is 676. The highest BCUT2D eigenvalue weighted by Gasteiger charge is 2.23. The summed E-state index contributed by atoms with van der Waals surface area (Å²) < 4.78 is 0. The minimum absolute atomic E-state index is 0.199. The number of carboxylic acid groups (broad SMARTS) is 1. The SMILES string of the molecule is CC(C)Cc1nc(C(=O)O)c2c3c(sc2n1)CCCC3. The monoisotopic (exact) mass is 290 g/mol. The van der Waals surface area contributed by atoms with Crippen molar-refractivity contribution in [1.29, 1.82) is 0 Å². The molecule has 0 amide bonds. The molecule has 106 valence electrons. The number of rotatable bonds is 3. The van der Waals surface area contributed by atoms with Gasteiger partial charge in [0, 0.05) is 16.7 Å². The van der Waals surface area contributed by atoms with Crippen molar-refractivity contribution in [1.82, 2.24) is 9.97 Å². The largest absolute Gasteiger partial charge is 0.476 e. The molecule has 20 heavy (non-hydrogen) atoms. The first-order valence-corrected chi connectivity index (χ1v) is 7.92. The zero-order valence-electron chi connectivity index (χ0n) is 11.8. The Morgan fingerprint density at radius 3 is 2.75 bits per heavy atom. The van der Waals surface area contributed by atoms with E-state index in [-0.39, 0.29) is 5.69 Å². The van der Waals surface area contributed by atoms with Crippen molar-refractivity contribution in [2.75, 3.05) is 0 Å². The highest BCUT2D eigenvalue weighted by molar-refractivity contribution is 7.18. The van der Waals surface area contributed by atoms with Gasteiger partial charge in [-0.15, -0.1) is 11.3 Å². The number of hydrogen-bond acceptors (Lipinski definition) is 4. The first-order valence-electron chi connectivity index (χ1n) is 7.10. The lowest BCUT2D eigenvalue weighted by molar-refractivity contribution is 0.0692. The van der Waals surface area contributed by atoms with Crippen molar-refractivity contribution in [3.8, 4) is 0 Å². The number of nitrogens with zero attached hydrogens (tertiary/aromatic N) is 2. The van der Waals surface area contributed by atoms with Crippen molar-refractivity contribution in [3.05, 3.63) is 22.0 Å². The third-order valence-electron chi connectivity index (χ3n) is 3.65. The number of carbonyl (C=O) groups is 1. The number of thiophene rings is 1. The molecule has 1 N–H and O–H groups in total. The topological polar surface area (TPSA) is 63.1 Å². The van der Waals surface area contributed by atoms with E-state index in [0.717, 1.165) is 35.9 Å². The van der Waals surface area contributed by atoms with Gasteiger partial charge in [0.2, 0.25) is 0 Å². The van der Waals surface area contributed by atoms with E-state index < -0.39 is 5.97 Å². The molecule has 0 aliphatic heterocycles. The van der Waals surface area contributed by atoms with Crippen LogP contribution in [0, 0.1) is 5.92 Å². The van der Waals surface area contributed by atoms with Crippen LogP contribution in [-0.4, -0.2) is 21.0 Å². The van der Waals surface area contributed by atoms with Gasteiger partial charge in [-0.3, -0.25) is 0 Å². The average Bonchev–Trinajstić information content (AvgIpc) is 2.74. The molecule has 0 saturated carbocycles. The van der Waals surface area contributed by atoms with Crippen LogP contribution in [0.2, 0.25) is 0 Å². The second-order valence-electron chi connectivity index (χ2n) is 5.78. The van der Waals surface area contributed by atoms with Gasteiger partial charge in [0.15, 0.2) is 5.69 Å². The minimum atomic E-state index is -0.937. The fraction of sp³-hybridized carbons (Fsp3) is 0.533. The number of aromatic carboxylic acids is 1. The van der Waals surface area contributed by atoms with Gasteiger partial charge < -0.3 is 5.11 Å². The van der Waals surface area contributed by atoms with Crippen LogP contribution in [0.5, 0.6) is 0 Å². The Morgan fingerprint density at radius 2 is 2.05 bits per heavy atom. The second kappa shape index (κ2) is 5.13. The third-order valence-corrected chi connectivity index (χ3v) is 4.84. The lowest BCUT2D eigenvalue weighted by Gasteiger charge is -2.11. The van der Waals surface area contributed by atoms with Gasteiger partial charge in [-0.1, -0.05) is 13.8 Å². The molecular weight excluding hydrogens is 272 g/mol. The van der Waals surface area contributed by atoms with Crippen LogP contribution in [0.1, 0.15) is 53.4 Å². The summed E-state index contributed by atoms with van der Waals surface area (Å²) in [6.45, 7) is 4.18. The molecule has 0 atom stereocenters. The van der Waals surface area contributed by atoms with Crippen LogP contribution in [0.25, 0.3) is 10.2 Å². The van der Waals surface area contributed by atoms with E-state index >= 15 is 0 Å². The summed E-state index contributed by atoms with van der Waals surface area (Å²) in [4.78, 5) is 22.6. The van der Waals surface area contributed by atoms with Gasteiger partial charge in [0.1, 0.15) is 10.7 Å². The van der Waals surface area contributed by atoms with E-state index in [0.29, 0.717) is 11.7 Å². The van der Waals surface area contributed by atoms with Crippen molar-refractivity contribution < 1.29 is 9.90 Å². The number of fused-ring (bicyclic) bond motifs is 3. The summed E-state index contributed by atoms with van der Waals surface area (Å²) in [5, 5.41) is 10.3. The fourth-order valence-electron chi connectivity index (χ4n) is 2.81. The molecule has 0 fully saturated rings. The van der Waals surface area contributed by atoms with Gasteiger partial charge in [0.05, 0.1) is 0 Å². The lowest BCUT2D eigenvalue weighted by atomic mass is 9.96. The van der Waals surface area contributed by atoms with E-state index in [4.69, 9.17) is 0 Å². The predicted octanol–water partition coefficient (Wildman–Crippen LogP) is 3.47. The normalized spacial score (nSPS) is 14.8. The van der Waals surface area contributed by atoms with Crippen LogP contribution < -0.4 is 0 Å². The van der Waals surface area contributed by atoms with E-state index in [1.165, 1.54) is 16.9 Å². The number of hydrogen-bond donors (Lipinski definition) is 1. The maximum absolute atomic E-state index is 11.6. The van der Waals surface area contributed by atoms with Gasteiger partial charge >= 0.3 is 5.97 Å². The van der Waals surface area contributed by atoms with E-state index in [1.54, 1.807) is 11.3 Å². The first-order chi connectivity index (χ1) is 9.56. The van der Waals surface area contributed by atoms with Crippen LogP contribution >= 0.6 is 11.3 Å². The Labute approximate surface area is 121 Å². The van der Waals surface area contributed by atoms with Crippen molar-refractivity contribution in [3.63, 3.8) is 0 Å². The molecule has 0 bridgehead atoms. The zero-order chi connectivity index (χ0) is 14.3. The zero-order valence-corrected chi connectivity index (χ0v) is 12.6. The van der Waals surface area contributed by atoms with Crippen LogP contribution in [-0.2, 0) is 19.3 Å². The average molecular weight is 290 g/mol. The molecule has 0 unspecified atom stereocenters. The van der Waals surface area contributed by atoms with E-state index in [9.17, 15) is 9.90 Å². The smallest absolute Gasteiger partial charge is 0.355 e. The summed E-state index contributed by atoms with van der Waals surface area (Å²) >= 11 is 1.66. The van der Waals surface area contributed by atoms with Crippen LogP contribution in [0.3, 0.4) is 0 Å². The van der Waals surface area contributed by atoms with Gasteiger partial charge in [0.25, 0.3) is 0 Å². The molecular formula is C15H18N2O2S. The molecule has 0 aromatic carbocycles. The second-order valence-corrected chi connectivity index (χ2v) is 6.87. The summed E-state index contributed by atoms with van der Waals surface area (Å²) in [6, 6.07) is 0.